The van der Waals surface area contributed by atoms with Crippen LogP contribution in [0.4, 0.5) is 10.1 Å². The van der Waals surface area contributed by atoms with Crippen LogP contribution >= 0.6 is 0 Å². The number of nitrogens with one attached hydrogen (secondary N) is 2. The van der Waals surface area contributed by atoms with Gasteiger partial charge in [-0.15, -0.1) is 0 Å². The molecule has 0 unspecified atom stereocenters. The molecule has 2 aromatic carbocycles. The van der Waals surface area contributed by atoms with E-state index in [9.17, 15) is 9.18 Å². The lowest BCUT2D eigenvalue weighted by atomic mass is 10.1. The van der Waals surface area contributed by atoms with Gasteiger partial charge in [0.2, 0.25) is 5.96 Å². The molecule has 1 aromatic heterocycles. The Morgan fingerprint density at radius 1 is 1.09 bits per heavy atom. The molecule has 2 N–H and O–H groups in total. The molecule has 0 atom stereocenters. The van der Waals surface area contributed by atoms with E-state index in [1.165, 1.54) is 6.07 Å². The first-order valence-corrected chi connectivity index (χ1v) is 10.8. The Labute approximate surface area is 188 Å². The third-order valence-electron chi connectivity index (χ3n) is 5.06. The Hall–Kier alpha value is -3.48. The average Bonchev–Trinajstić information content (AvgIpc) is 3.06. The maximum atomic E-state index is 14.0. The molecule has 0 saturated heterocycles. The fourth-order valence-electron chi connectivity index (χ4n) is 3.43. The van der Waals surface area contributed by atoms with Gasteiger partial charge in [-0.25, -0.2) is 9.38 Å². The summed E-state index contributed by atoms with van der Waals surface area (Å²) in [6, 6.07) is 10.4. The fourth-order valence-corrected chi connectivity index (χ4v) is 3.43. The highest BCUT2D eigenvalue weighted by molar-refractivity contribution is 6.10. The van der Waals surface area contributed by atoms with E-state index >= 15 is 0 Å². The van der Waals surface area contributed by atoms with E-state index in [1.807, 2.05) is 43.8 Å². The van der Waals surface area contributed by atoms with Crippen molar-refractivity contribution in [3.8, 4) is 0 Å². The number of aryl methyl sites for hydroxylation is 5. The number of benzene rings is 2. The summed E-state index contributed by atoms with van der Waals surface area (Å²) >= 11 is 0. The van der Waals surface area contributed by atoms with Gasteiger partial charge in [-0.1, -0.05) is 19.1 Å². The predicted molar refractivity (Wildman–Crippen MR) is 127 cm³/mol. The molecular formula is C25H30FN5O. The topological polar surface area (TPSA) is 71.3 Å². The van der Waals surface area contributed by atoms with Gasteiger partial charge in [0.25, 0.3) is 5.91 Å². The van der Waals surface area contributed by atoms with Gasteiger partial charge in [-0.3, -0.25) is 14.8 Å². The quantitative estimate of drug-likeness (QED) is 0.420. The van der Waals surface area contributed by atoms with Gasteiger partial charge < -0.3 is 5.32 Å². The lowest BCUT2D eigenvalue weighted by molar-refractivity contribution is 0.0976. The van der Waals surface area contributed by atoms with E-state index in [1.54, 1.807) is 19.1 Å². The molecule has 168 valence electrons. The number of aliphatic imine (C=N–C) groups is 1. The monoisotopic (exact) mass is 435 g/mol. The molecule has 0 fully saturated rings. The SMILES string of the molecule is CCCn1cc(CN=C(NC(=O)c2ccc(C)c(F)c2)Nc2cc(C)cc(C)c2)c(C)n1. The summed E-state index contributed by atoms with van der Waals surface area (Å²) in [6.45, 7) is 10.9. The van der Waals surface area contributed by atoms with Crippen molar-refractivity contribution in [1.29, 1.82) is 0 Å². The summed E-state index contributed by atoms with van der Waals surface area (Å²) in [4.78, 5) is 17.4. The highest BCUT2D eigenvalue weighted by Gasteiger charge is 2.12. The molecule has 3 rings (SSSR count). The summed E-state index contributed by atoms with van der Waals surface area (Å²) in [6.07, 6.45) is 2.97. The van der Waals surface area contributed by atoms with E-state index in [2.05, 4.69) is 33.7 Å². The standard InChI is InChI=1S/C25H30FN5O/c1-6-9-31-15-21(19(5)30-31)14-27-25(28-22-11-16(2)10-17(3)12-22)29-24(32)20-8-7-18(4)23(26)13-20/h7-8,10-13,15H,6,9,14H2,1-5H3,(H2,27,28,29,32). The van der Waals surface area contributed by atoms with Crippen LogP contribution in [0.5, 0.6) is 0 Å². The van der Waals surface area contributed by atoms with Crippen LogP contribution in [-0.4, -0.2) is 21.6 Å². The van der Waals surface area contributed by atoms with Crippen molar-refractivity contribution in [2.45, 2.75) is 54.1 Å². The molecule has 1 heterocycles. The smallest absolute Gasteiger partial charge is 0.258 e. The second kappa shape index (κ2) is 10.2. The lowest BCUT2D eigenvalue weighted by Gasteiger charge is -2.13. The Bertz CT molecular complexity index is 1130. The third-order valence-corrected chi connectivity index (χ3v) is 5.06. The fraction of sp³-hybridized carbons (Fsp3) is 0.320. The molecule has 0 aliphatic rings. The Morgan fingerprint density at radius 3 is 2.47 bits per heavy atom. The van der Waals surface area contributed by atoms with Crippen LogP contribution in [0.3, 0.4) is 0 Å². The molecule has 0 spiro atoms. The summed E-state index contributed by atoms with van der Waals surface area (Å²) < 4.78 is 15.9. The number of aromatic nitrogens is 2. The van der Waals surface area contributed by atoms with Crippen molar-refractivity contribution >= 4 is 17.6 Å². The molecular weight excluding hydrogens is 405 g/mol. The lowest BCUT2D eigenvalue weighted by Crippen LogP contribution is -2.36. The van der Waals surface area contributed by atoms with Crippen LogP contribution in [0.1, 0.15) is 51.7 Å². The number of hydrogen-bond donors (Lipinski definition) is 2. The zero-order chi connectivity index (χ0) is 23.3. The molecule has 0 radical (unpaired) electrons. The van der Waals surface area contributed by atoms with Gasteiger partial charge in [0.05, 0.1) is 12.2 Å². The van der Waals surface area contributed by atoms with E-state index < -0.39 is 11.7 Å². The zero-order valence-electron chi connectivity index (χ0n) is 19.3. The second-order valence-corrected chi connectivity index (χ2v) is 8.09. The molecule has 0 aliphatic heterocycles. The van der Waals surface area contributed by atoms with E-state index in [0.29, 0.717) is 18.1 Å². The minimum absolute atomic E-state index is 0.231. The molecule has 6 nitrogen and oxygen atoms in total. The highest BCUT2D eigenvalue weighted by atomic mass is 19.1. The van der Waals surface area contributed by atoms with E-state index in [0.717, 1.165) is 41.0 Å². The van der Waals surface area contributed by atoms with Crippen molar-refractivity contribution in [2.24, 2.45) is 4.99 Å². The summed E-state index contributed by atoms with van der Waals surface area (Å²) in [5.41, 5.74) is 5.60. The molecule has 32 heavy (non-hydrogen) atoms. The minimum Gasteiger partial charge on any atom is -0.326 e. The number of halogens is 1. The van der Waals surface area contributed by atoms with Crippen molar-refractivity contribution < 1.29 is 9.18 Å². The van der Waals surface area contributed by atoms with Crippen LogP contribution in [0.15, 0.2) is 47.6 Å². The van der Waals surface area contributed by atoms with Crippen molar-refractivity contribution in [3.63, 3.8) is 0 Å². The second-order valence-electron chi connectivity index (χ2n) is 8.09. The van der Waals surface area contributed by atoms with Crippen LogP contribution in [0.2, 0.25) is 0 Å². The normalized spacial score (nSPS) is 11.5. The maximum Gasteiger partial charge on any atom is 0.258 e. The first-order valence-electron chi connectivity index (χ1n) is 10.8. The Morgan fingerprint density at radius 2 is 1.81 bits per heavy atom. The molecule has 0 bridgehead atoms. The first-order chi connectivity index (χ1) is 15.2. The van der Waals surface area contributed by atoms with E-state index in [-0.39, 0.29) is 5.56 Å². The van der Waals surface area contributed by atoms with Crippen LogP contribution in [-0.2, 0) is 13.1 Å². The van der Waals surface area contributed by atoms with Crippen molar-refractivity contribution in [3.05, 3.63) is 81.9 Å². The van der Waals surface area contributed by atoms with Gasteiger partial charge in [0, 0.05) is 29.6 Å². The van der Waals surface area contributed by atoms with Gasteiger partial charge in [0.1, 0.15) is 5.82 Å². The number of guanidine groups is 1. The molecule has 3 aromatic rings. The van der Waals surface area contributed by atoms with Crippen molar-refractivity contribution in [1.82, 2.24) is 15.1 Å². The molecule has 7 heteroatoms. The Balaban J connectivity index is 1.86. The third kappa shape index (κ3) is 6.03. The summed E-state index contributed by atoms with van der Waals surface area (Å²) in [7, 11) is 0. The number of carbonyl (C=O) groups is 1. The number of amides is 1. The minimum atomic E-state index is -0.432. The maximum absolute atomic E-state index is 14.0. The van der Waals surface area contributed by atoms with Gasteiger partial charge in [0.15, 0.2) is 0 Å². The number of rotatable bonds is 6. The molecule has 1 amide bonds. The first kappa shape index (κ1) is 23.2. The van der Waals surface area contributed by atoms with Crippen LogP contribution < -0.4 is 10.6 Å². The highest BCUT2D eigenvalue weighted by Crippen LogP contribution is 2.15. The van der Waals surface area contributed by atoms with Crippen molar-refractivity contribution in [2.75, 3.05) is 5.32 Å². The van der Waals surface area contributed by atoms with Gasteiger partial charge >= 0.3 is 0 Å². The zero-order valence-corrected chi connectivity index (χ0v) is 19.3. The van der Waals surface area contributed by atoms with Crippen LogP contribution in [0.25, 0.3) is 0 Å². The molecule has 0 saturated carbocycles. The predicted octanol–water partition coefficient (Wildman–Crippen LogP) is 5.06. The number of carbonyl (C=O) groups excluding carboxylic acids is 1. The Kier molecular flexibility index (Phi) is 7.41. The number of anilines is 1. The summed E-state index contributed by atoms with van der Waals surface area (Å²) in [5, 5.41) is 10.5. The van der Waals surface area contributed by atoms with E-state index in [4.69, 9.17) is 0 Å². The largest absolute Gasteiger partial charge is 0.326 e. The van der Waals surface area contributed by atoms with Gasteiger partial charge in [-0.05, 0) is 75.1 Å². The van der Waals surface area contributed by atoms with Gasteiger partial charge in [-0.2, -0.15) is 5.10 Å². The summed E-state index contributed by atoms with van der Waals surface area (Å²) in [5.74, 6) is -0.557. The average molecular weight is 436 g/mol. The number of nitrogens with zero attached hydrogens (tertiary/aromatic N) is 3. The molecule has 0 aliphatic carbocycles. The van der Waals surface area contributed by atoms with Crippen LogP contribution in [0, 0.1) is 33.5 Å². The number of hydrogen-bond acceptors (Lipinski definition) is 3.